The molecule has 0 aliphatic heterocycles. The summed E-state index contributed by atoms with van der Waals surface area (Å²) in [6.07, 6.45) is 4.40. The van der Waals surface area contributed by atoms with Crippen molar-refractivity contribution in [3.63, 3.8) is 0 Å². The van der Waals surface area contributed by atoms with Gasteiger partial charge in [-0.05, 0) is 25.7 Å². The van der Waals surface area contributed by atoms with Gasteiger partial charge in [0.05, 0.1) is 12.1 Å². The van der Waals surface area contributed by atoms with Crippen molar-refractivity contribution in [3.8, 4) is 0 Å². The molecule has 1 fully saturated rings. The summed E-state index contributed by atoms with van der Waals surface area (Å²) in [4.78, 5) is 11.6. The van der Waals surface area contributed by atoms with Crippen molar-refractivity contribution in [1.82, 2.24) is 5.32 Å². The van der Waals surface area contributed by atoms with Crippen LogP contribution in [-0.2, 0) is 4.79 Å². The van der Waals surface area contributed by atoms with Crippen LogP contribution in [0.4, 0.5) is 0 Å². The van der Waals surface area contributed by atoms with Gasteiger partial charge < -0.3 is 10.4 Å². The maximum Gasteiger partial charge on any atom is 0.223 e. The normalized spacial score (nSPS) is 28.8. The van der Waals surface area contributed by atoms with Gasteiger partial charge >= 0.3 is 0 Å². The van der Waals surface area contributed by atoms with E-state index in [-0.39, 0.29) is 24.0 Å². The minimum Gasteiger partial charge on any atom is -0.391 e. The van der Waals surface area contributed by atoms with Crippen LogP contribution in [0.5, 0.6) is 0 Å². The Hall–Kier alpha value is -0.570. The molecule has 0 aromatic heterocycles. The molecule has 1 rings (SSSR count). The Morgan fingerprint density at radius 2 is 2.29 bits per heavy atom. The molecule has 3 nitrogen and oxygen atoms in total. The number of aliphatic hydroxyl groups is 1. The Morgan fingerprint density at radius 1 is 1.57 bits per heavy atom. The van der Waals surface area contributed by atoms with Gasteiger partial charge in [-0.25, -0.2) is 0 Å². The van der Waals surface area contributed by atoms with Gasteiger partial charge in [-0.1, -0.05) is 20.3 Å². The predicted molar refractivity (Wildman–Crippen MR) is 55.9 cm³/mol. The molecule has 0 spiro atoms. The Labute approximate surface area is 85.9 Å². The zero-order chi connectivity index (χ0) is 10.6. The van der Waals surface area contributed by atoms with Gasteiger partial charge in [0.1, 0.15) is 0 Å². The van der Waals surface area contributed by atoms with E-state index in [4.69, 9.17) is 0 Å². The average Bonchev–Trinajstić information content (AvgIpc) is 2.52. The van der Waals surface area contributed by atoms with Gasteiger partial charge in [-0.2, -0.15) is 0 Å². The molecule has 14 heavy (non-hydrogen) atoms. The number of carbonyl (C=O) groups is 1. The average molecular weight is 199 g/mol. The number of nitrogens with one attached hydrogen (secondary N) is 1. The molecule has 1 saturated carbocycles. The summed E-state index contributed by atoms with van der Waals surface area (Å²) >= 11 is 0. The van der Waals surface area contributed by atoms with Crippen molar-refractivity contribution < 1.29 is 9.90 Å². The van der Waals surface area contributed by atoms with Crippen molar-refractivity contribution in [2.24, 2.45) is 5.92 Å². The van der Waals surface area contributed by atoms with E-state index < -0.39 is 0 Å². The van der Waals surface area contributed by atoms with Crippen LogP contribution in [-0.4, -0.2) is 23.2 Å². The molecule has 1 unspecified atom stereocenters. The Morgan fingerprint density at radius 3 is 2.79 bits per heavy atom. The maximum absolute atomic E-state index is 11.6. The van der Waals surface area contributed by atoms with Crippen molar-refractivity contribution in [2.75, 3.05) is 0 Å². The molecule has 3 heteroatoms. The molecule has 0 bridgehead atoms. The van der Waals surface area contributed by atoms with Gasteiger partial charge in [0.2, 0.25) is 5.91 Å². The lowest BCUT2D eigenvalue weighted by atomic mass is 10.0. The number of amides is 1. The summed E-state index contributed by atoms with van der Waals surface area (Å²) in [5.74, 6) is 0.172. The van der Waals surface area contributed by atoms with Crippen molar-refractivity contribution >= 4 is 5.91 Å². The molecule has 0 radical (unpaired) electrons. The van der Waals surface area contributed by atoms with Gasteiger partial charge in [0.15, 0.2) is 0 Å². The van der Waals surface area contributed by atoms with Gasteiger partial charge in [-0.15, -0.1) is 0 Å². The Balaban J connectivity index is 2.32. The van der Waals surface area contributed by atoms with E-state index >= 15 is 0 Å². The highest BCUT2D eigenvalue weighted by atomic mass is 16.3. The zero-order valence-electron chi connectivity index (χ0n) is 9.12. The quantitative estimate of drug-likeness (QED) is 0.720. The Bertz CT molecular complexity index is 194. The van der Waals surface area contributed by atoms with Crippen LogP contribution in [0.3, 0.4) is 0 Å². The smallest absolute Gasteiger partial charge is 0.223 e. The number of aliphatic hydroxyl groups excluding tert-OH is 1. The van der Waals surface area contributed by atoms with Crippen molar-refractivity contribution in [2.45, 2.75) is 58.1 Å². The molecule has 0 heterocycles. The molecule has 0 aromatic carbocycles. The van der Waals surface area contributed by atoms with E-state index in [2.05, 4.69) is 12.2 Å². The number of hydrogen-bond donors (Lipinski definition) is 2. The highest BCUT2D eigenvalue weighted by Gasteiger charge is 2.27. The molecule has 2 N–H and O–H groups in total. The van der Waals surface area contributed by atoms with Crippen molar-refractivity contribution in [1.29, 1.82) is 0 Å². The van der Waals surface area contributed by atoms with Crippen LogP contribution in [0.1, 0.15) is 46.0 Å². The molecule has 1 aliphatic rings. The van der Waals surface area contributed by atoms with Crippen LogP contribution in [0, 0.1) is 5.92 Å². The maximum atomic E-state index is 11.6. The van der Waals surface area contributed by atoms with E-state index in [9.17, 15) is 9.90 Å². The summed E-state index contributed by atoms with van der Waals surface area (Å²) < 4.78 is 0. The van der Waals surface area contributed by atoms with Crippen LogP contribution in [0.25, 0.3) is 0 Å². The minimum atomic E-state index is -0.326. The standard InChI is InChI=1S/C11H21NO2/c1-3-5-8(2)11(14)12-9-6-4-7-10(9)13/h8-10,13H,3-7H2,1-2H3,(H,12,14)/t8?,9-,10+/m0/s1. The largest absolute Gasteiger partial charge is 0.391 e. The molecule has 0 aromatic rings. The van der Waals surface area contributed by atoms with Crippen molar-refractivity contribution in [3.05, 3.63) is 0 Å². The number of hydrogen-bond acceptors (Lipinski definition) is 2. The van der Waals surface area contributed by atoms with Crippen LogP contribution in [0.2, 0.25) is 0 Å². The lowest BCUT2D eigenvalue weighted by Gasteiger charge is -2.19. The van der Waals surface area contributed by atoms with Gasteiger partial charge in [-0.3, -0.25) is 4.79 Å². The molecule has 1 amide bonds. The van der Waals surface area contributed by atoms with Gasteiger partial charge in [0, 0.05) is 5.92 Å². The number of carbonyl (C=O) groups excluding carboxylic acids is 1. The second-order valence-corrected chi connectivity index (χ2v) is 4.30. The summed E-state index contributed by atoms with van der Waals surface area (Å²) in [6, 6.07) is 0.00167. The third-order valence-electron chi connectivity index (χ3n) is 2.98. The highest BCUT2D eigenvalue weighted by molar-refractivity contribution is 5.78. The fraction of sp³-hybridized carbons (Fsp3) is 0.909. The second kappa shape index (κ2) is 5.35. The first-order valence-corrected chi connectivity index (χ1v) is 5.63. The monoisotopic (exact) mass is 199 g/mol. The van der Waals surface area contributed by atoms with E-state index in [0.717, 1.165) is 32.1 Å². The van der Waals surface area contributed by atoms with E-state index in [0.29, 0.717) is 0 Å². The van der Waals surface area contributed by atoms with Crippen LogP contribution < -0.4 is 5.32 Å². The third kappa shape index (κ3) is 2.98. The Kier molecular flexibility index (Phi) is 4.39. The third-order valence-corrected chi connectivity index (χ3v) is 2.98. The zero-order valence-corrected chi connectivity index (χ0v) is 9.12. The van der Waals surface area contributed by atoms with Crippen LogP contribution >= 0.6 is 0 Å². The summed E-state index contributed by atoms with van der Waals surface area (Å²) in [5, 5.41) is 12.5. The molecular weight excluding hydrogens is 178 g/mol. The molecule has 82 valence electrons. The summed E-state index contributed by atoms with van der Waals surface area (Å²) in [5.41, 5.74) is 0. The first-order valence-electron chi connectivity index (χ1n) is 5.63. The first kappa shape index (κ1) is 11.5. The van der Waals surface area contributed by atoms with Gasteiger partial charge in [0.25, 0.3) is 0 Å². The molecule has 3 atom stereocenters. The fourth-order valence-electron chi connectivity index (χ4n) is 2.00. The molecular formula is C11H21NO2. The molecule has 0 saturated heterocycles. The highest BCUT2D eigenvalue weighted by Crippen LogP contribution is 2.19. The lowest BCUT2D eigenvalue weighted by molar-refractivity contribution is -0.126. The second-order valence-electron chi connectivity index (χ2n) is 4.30. The number of rotatable bonds is 4. The predicted octanol–water partition coefficient (Wildman–Crippen LogP) is 1.45. The first-order chi connectivity index (χ1) is 6.65. The molecule has 1 aliphatic carbocycles. The minimum absolute atomic E-state index is 0.00167. The fourth-order valence-corrected chi connectivity index (χ4v) is 2.00. The summed E-state index contributed by atoms with van der Waals surface area (Å²) in [6.45, 7) is 4.02. The van der Waals surface area contributed by atoms with E-state index in [1.807, 2.05) is 6.92 Å². The SMILES string of the molecule is CCCC(C)C(=O)N[C@H]1CCC[C@H]1O. The topological polar surface area (TPSA) is 49.3 Å². The lowest BCUT2D eigenvalue weighted by Crippen LogP contribution is -2.42. The van der Waals surface area contributed by atoms with E-state index in [1.54, 1.807) is 0 Å². The van der Waals surface area contributed by atoms with Crippen LogP contribution in [0.15, 0.2) is 0 Å². The summed E-state index contributed by atoms with van der Waals surface area (Å²) in [7, 11) is 0. The van der Waals surface area contributed by atoms with E-state index in [1.165, 1.54) is 0 Å².